The molecular formula is C25H28N4O3. The number of carbonyl (C=O) groups excluding carboxylic acids is 1. The maximum Gasteiger partial charge on any atom is 0.253 e. The minimum absolute atomic E-state index is 0.0689. The van der Waals surface area contributed by atoms with E-state index in [1.165, 1.54) is 0 Å². The van der Waals surface area contributed by atoms with Crippen molar-refractivity contribution >= 4 is 5.91 Å². The van der Waals surface area contributed by atoms with Crippen LogP contribution in [0.25, 0.3) is 22.9 Å². The largest absolute Gasteiger partial charge is 0.416 e. The zero-order valence-electron chi connectivity index (χ0n) is 18.4. The van der Waals surface area contributed by atoms with Crippen LogP contribution in [0, 0.1) is 6.92 Å². The van der Waals surface area contributed by atoms with E-state index >= 15 is 0 Å². The van der Waals surface area contributed by atoms with Crippen LogP contribution < -0.4 is 0 Å². The maximum absolute atomic E-state index is 13.0. The third kappa shape index (κ3) is 4.45. The summed E-state index contributed by atoms with van der Waals surface area (Å²) >= 11 is 0. The summed E-state index contributed by atoms with van der Waals surface area (Å²) in [6.07, 6.45) is 2.68. The van der Waals surface area contributed by atoms with Gasteiger partial charge in [-0.25, -0.2) is 0 Å². The van der Waals surface area contributed by atoms with Gasteiger partial charge in [0.2, 0.25) is 11.8 Å². The predicted octanol–water partition coefficient (Wildman–Crippen LogP) is 3.65. The van der Waals surface area contributed by atoms with Gasteiger partial charge < -0.3 is 14.1 Å². The lowest BCUT2D eigenvalue weighted by Gasteiger charge is -2.35. The number of ether oxygens (including phenoxy) is 1. The summed E-state index contributed by atoms with van der Waals surface area (Å²) in [5.74, 6) is 1.02. The van der Waals surface area contributed by atoms with Crippen LogP contribution >= 0.6 is 0 Å². The Morgan fingerprint density at radius 2 is 1.75 bits per heavy atom. The summed E-state index contributed by atoms with van der Waals surface area (Å²) in [6.45, 7) is 7.16. The van der Waals surface area contributed by atoms with E-state index in [0.717, 1.165) is 68.9 Å². The summed E-state index contributed by atoms with van der Waals surface area (Å²) in [6, 6.07) is 15.3. The summed E-state index contributed by atoms with van der Waals surface area (Å²) in [5, 5.41) is 8.38. The highest BCUT2D eigenvalue weighted by molar-refractivity contribution is 5.94. The summed E-state index contributed by atoms with van der Waals surface area (Å²) in [5.41, 5.74) is 3.49. The zero-order chi connectivity index (χ0) is 21.9. The van der Waals surface area contributed by atoms with Crippen molar-refractivity contribution in [3.63, 3.8) is 0 Å². The smallest absolute Gasteiger partial charge is 0.253 e. The van der Waals surface area contributed by atoms with E-state index < -0.39 is 0 Å². The molecule has 3 aromatic rings. The molecule has 0 bridgehead atoms. The lowest BCUT2D eigenvalue weighted by atomic mass is 10.1. The Hall–Kier alpha value is -3.03. The molecule has 1 atom stereocenters. The van der Waals surface area contributed by atoms with Crippen molar-refractivity contribution in [1.29, 1.82) is 0 Å². The molecule has 7 heteroatoms. The van der Waals surface area contributed by atoms with Crippen LogP contribution in [0.15, 0.2) is 52.9 Å². The zero-order valence-corrected chi connectivity index (χ0v) is 18.4. The van der Waals surface area contributed by atoms with Gasteiger partial charge >= 0.3 is 0 Å². The molecule has 1 aromatic heterocycles. The van der Waals surface area contributed by atoms with Crippen molar-refractivity contribution in [3.8, 4) is 22.9 Å². The molecule has 0 N–H and O–H groups in total. The molecule has 0 saturated carbocycles. The summed E-state index contributed by atoms with van der Waals surface area (Å²) < 4.78 is 11.6. The maximum atomic E-state index is 13.0. The average molecular weight is 433 g/mol. The van der Waals surface area contributed by atoms with Crippen LogP contribution in [0.1, 0.15) is 28.8 Å². The lowest BCUT2D eigenvalue weighted by Crippen LogP contribution is -2.50. The van der Waals surface area contributed by atoms with Crippen LogP contribution in [0.5, 0.6) is 0 Å². The number of hydrogen-bond acceptors (Lipinski definition) is 6. The quantitative estimate of drug-likeness (QED) is 0.613. The summed E-state index contributed by atoms with van der Waals surface area (Å²) in [4.78, 5) is 17.3. The number of amides is 1. The molecule has 2 aromatic carbocycles. The first-order valence-electron chi connectivity index (χ1n) is 11.3. The normalized spacial score (nSPS) is 19.4. The molecule has 2 saturated heterocycles. The van der Waals surface area contributed by atoms with E-state index in [1.807, 2.05) is 60.4 Å². The molecule has 5 rings (SSSR count). The number of aromatic nitrogens is 2. The molecule has 7 nitrogen and oxygen atoms in total. The average Bonchev–Trinajstić information content (AvgIpc) is 3.52. The van der Waals surface area contributed by atoms with Gasteiger partial charge in [-0.2, -0.15) is 0 Å². The highest BCUT2D eigenvalue weighted by atomic mass is 16.5. The first-order valence-corrected chi connectivity index (χ1v) is 11.3. The monoisotopic (exact) mass is 432 g/mol. The van der Waals surface area contributed by atoms with Crippen LogP contribution in [0.4, 0.5) is 0 Å². The molecule has 166 valence electrons. The molecule has 1 amide bonds. The fourth-order valence-electron chi connectivity index (χ4n) is 4.41. The number of hydrogen-bond donors (Lipinski definition) is 0. The minimum atomic E-state index is 0.0689. The molecule has 0 aliphatic carbocycles. The van der Waals surface area contributed by atoms with E-state index in [-0.39, 0.29) is 5.91 Å². The Bertz CT molecular complexity index is 1060. The standard InChI is InChI=1S/C25H28N4O3/c1-18-5-2-3-7-22(18)24-27-26-23(32-24)19-8-10-20(11-9-19)25(30)29-14-12-28(13-15-29)17-21-6-4-16-31-21/h2-3,5,7-11,21H,4,6,12-17H2,1H3. The second-order valence-corrected chi connectivity index (χ2v) is 8.53. The Morgan fingerprint density at radius 1 is 1.00 bits per heavy atom. The van der Waals surface area contributed by atoms with Gasteiger partial charge in [0.25, 0.3) is 5.91 Å². The summed E-state index contributed by atoms with van der Waals surface area (Å²) in [7, 11) is 0. The van der Waals surface area contributed by atoms with E-state index in [0.29, 0.717) is 23.4 Å². The molecule has 0 radical (unpaired) electrons. The van der Waals surface area contributed by atoms with E-state index in [2.05, 4.69) is 15.1 Å². The van der Waals surface area contributed by atoms with Crippen LogP contribution in [-0.2, 0) is 4.74 Å². The fourth-order valence-corrected chi connectivity index (χ4v) is 4.41. The van der Waals surface area contributed by atoms with Crippen molar-refractivity contribution in [2.24, 2.45) is 0 Å². The van der Waals surface area contributed by atoms with Crippen molar-refractivity contribution in [2.75, 3.05) is 39.3 Å². The van der Waals surface area contributed by atoms with Gasteiger partial charge in [0.15, 0.2) is 0 Å². The van der Waals surface area contributed by atoms with Crippen molar-refractivity contribution < 1.29 is 13.9 Å². The number of benzene rings is 2. The Kier molecular flexibility index (Phi) is 6.01. The first-order chi connectivity index (χ1) is 15.7. The number of aryl methyl sites for hydroxylation is 1. The Morgan fingerprint density at radius 3 is 2.47 bits per heavy atom. The second kappa shape index (κ2) is 9.22. The molecular weight excluding hydrogens is 404 g/mol. The van der Waals surface area contributed by atoms with Gasteiger partial charge in [-0.3, -0.25) is 9.69 Å². The fraction of sp³-hybridized carbons (Fsp3) is 0.400. The Labute approximate surface area is 188 Å². The number of carbonyl (C=O) groups is 1. The minimum Gasteiger partial charge on any atom is -0.416 e. The Balaban J connectivity index is 1.21. The molecule has 0 spiro atoms. The third-order valence-corrected chi connectivity index (χ3v) is 6.32. The van der Waals surface area contributed by atoms with Crippen LogP contribution in [0.3, 0.4) is 0 Å². The molecule has 2 aliphatic heterocycles. The number of piperazine rings is 1. The number of nitrogens with zero attached hydrogens (tertiary/aromatic N) is 4. The van der Waals surface area contributed by atoms with Crippen LogP contribution in [0.2, 0.25) is 0 Å². The first kappa shape index (κ1) is 20.8. The van der Waals surface area contributed by atoms with Gasteiger partial charge in [-0.1, -0.05) is 18.2 Å². The van der Waals surface area contributed by atoms with Crippen molar-refractivity contribution in [1.82, 2.24) is 20.0 Å². The molecule has 3 heterocycles. The van der Waals surface area contributed by atoms with Gasteiger partial charge in [-0.05, 0) is 55.7 Å². The number of rotatable bonds is 5. The van der Waals surface area contributed by atoms with E-state index in [4.69, 9.17) is 9.15 Å². The lowest BCUT2D eigenvalue weighted by molar-refractivity contribution is 0.0432. The molecule has 2 aliphatic rings. The van der Waals surface area contributed by atoms with E-state index in [9.17, 15) is 4.79 Å². The second-order valence-electron chi connectivity index (χ2n) is 8.53. The van der Waals surface area contributed by atoms with Gasteiger partial charge in [0.05, 0.1) is 6.10 Å². The van der Waals surface area contributed by atoms with Crippen molar-refractivity contribution in [2.45, 2.75) is 25.9 Å². The predicted molar refractivity (Wildman–Crippen MR) is 121 cm³/mol. The van der Waals surface area contributed by atoms with Gasteiger partial charge in [-0.15, -0.1) is 10.2 Å². The SMILES string of the molecule is Cc1ccccc1-c1nnc(-c2ccc(C(=O)N3CCN(CC4CCCO4)CC3)cc2)o1. The third-order valence-electron chi connectivity index (χ3n) is 6.32. The van der Waals surface area contributed by atoms with Gasteiger partial charge in [0, 0.05) is 56.0 Å². The van der Waals surface area contributed by atoms with E-state index in [1.54, 1.807) is 0 Å². The molecule has 1 unspecified atom stereocenters. The highest BCUT2D eigenvalue weighted by Gasteiger charge is 2.25. The molecule has 2 fully saturated rings. The topological polar surface area (TPSA) is 71.7 Å². The highest BCUT2D eigenvalue weighted by Crippen LogP contribution is 2.26. The van der Waals surface area contributed by atoms with Crippen molar-refractivity contribution in [3.05, 3.63) is 59.7 Å². The van der Waals surface area contributed by atoms with Crippen LogP contribution in [-0.4, -0.2) is 71.3 Å². The van der Waals surface area contributed by atoms with Gasteiger partial charge in [0.1, 0.15) is 0 Å². The molecule has 32 heavy (non-hydrogen) atoms.